The van der Waals surface area contributed by atoms with Gasteiger partial charge in [0, 0.05) is 35.1 Å². The lowest BCUT2D eigenvalue weighted by Crippen LogP contribution is -2.36. The molecule has 2 aromatic carbocycles. The molecule has 6 nitrogen and oxygen atoms in total. The number of aliphatic hydroxyl groups is 2. The summed E-state index contributed by atoms with van der Waals surface area (Å²) in [7, 11) is 3.21. The Morgan fingerprint density at radius 1 is 0.759 bits per heavy atom. The normalized spacial score (nSPS) is 15.5. The molecule has 6 heteroatoms. The van der Waals surface area contributed by atoms with Crippen molar-refractivity contribution < 1.29 is 29.2 Å². The summed E-state index contributed by atoms with van der Waals surface area (Å²) in [4.78, 5) is 0. The zero-order valence-corrected chi connectivity index (χ0v) is 17.6. The molecule has 0 bridgehead atoms. The van der Waals surface area contributed by atoms with Crippen LogP contribution in [0.3, 0.4) is 0 Å². The van der Waals surface area contributed by atoms with Gasteiger partial charge in [-0.05, 0) is 13.8 Å². The molecular formula is C23H30O6. The van der Waals surface area contributed by atoms with E-state index in [4.69, 9.17) is 18.9 Å². The number of hydrogen-bond acceptors (Lipinski definition) is 6. The highest BCUT2D eigenvalue weighted by atomic mass is 16.7. The molecule has 0 atom stereocenters. The lowest BCUT2D eigenvalue weighted by atomic mass is 9.92. The van der Waals surface area contributed by atoms with E-state index >= 15 is 0 Å². The molecule has 1 aliphatic rings. The number of aryl methyl sites for hydroxylation is 2. The summed E-state index contributed by atoms with van der Waals surface area (Å²) >= 11 is 0. The molecule has 0 radical (unpaired) electrons. The number of hydrogen-bond donors (Lipinski definition) is 2. The van der Waals surface area contributed by atoms with Crippen LogP contribution >= 0.6 is 0 Å². The minimum absolute atomic E-state index is 0.0991. The largest absolute Gasteiger partial charge is 0.496 e. The molecule has 0 saturated carbocycles. The van der Waals surface area contributed by atoms with Crippen LogP contribution in [0, 0.1) is 13.8 Å². The first-order valence-corrected chi connectivity index (χ1v) is 9.77. The smallest absolute Gasteiger partial charge is 0.176 e. The summed E-state index contributed by atoms with van der Waals surface area (Å²) in [6.45, 7) is 4.78. The van der Waals surface area contributed by atoms with Gasteiger partial charge in [-0.1, -0.05) is 35.4 Å². The van der Waals surface area contributed by atoms with Gasteiger partial charge < -0.3 is 29.2 Å². The molecule has 1 saturated heterocycles. The summed E-state index contributed by atoms with van der Waals surface area (Å²) in [6, 6.07) is 7.92. The number of methoxy groups -OCH3 is 2. The molecule has 0 aromatic heterocycles. The van der Waals surface area contributed by atoms with Gasteiger partial charge in [-0.3, -0.25) is 0 Å². The Balaban J connectivity index is 2.01. The summed E-state index contributed by atoms with van der Waals surface area (Å²) in [5.74, 6) is 0.439. The van der Waals surface area contributed by atoms with Crippen molar-refractivity contribution in [3.8, 4) is 11.5 Å². The van der Waals surface area contributed by atoms with E-state index in [2.05, 4.69) is 0 Å². The molecule has 0 spiro atoms. The first kappa shape index (κ1) is 21.6. The highest BCUT2D eigenvalue weighted by molar-refractivity contribution is 5.47. The third kappa shape index (κ3) is 4.56. The van der Waals surface area contributed by atoms with Crippen LogP contribution in [-0.4, -0.2) is 43.4 Å². The Kier molecular flexibility index (Phi) is 6.80. The van der Waals surface area contributed by atoms with Crippen LogP contribution in [0.4, 0.5) is 0 Å². The fraction of sp³-hybridized carbons (Fsp3) is 0.478. The van der Waals surface area contributed by atoms with Gasteiger partial charge in [0.15, 0.2) is 5.79 Å². The lowest BCUT2D eigenvalue weighted by molar-refractivity contribution is -0.155. The van der Waals surface area contributed by atoms with E-state index in [9.17, 15) is 10.2 Å². The van der Waals surface area contributed by atoms with E-state index in [0.717, 1.165) is 33.4 Å². The van der Waals surface area contributed by atoms with Crippen LogP contribution in [0.2, 0.25) is 0 Å². The Bertz CT molecular complexity index is 789. The van der Waals surface area contributed by atoms with E-state index in [0.29, 0.717) is 37.6 Å². The zero-order chi connectivity index (χ0) is 21.0. The van der Waals surface area contributed by atoms with Crippen LogP contribution in [0.5, 0.6) is 11.5 Å². The predicted molar refractivity (Wildman–Crippen MR) is 109 cm³/mol. The minimum Gasteiger partial charge on any atom is -0.496 e. The van der Waals surface area contributed by atoms with Crippen LogP contribution in [0.1, 0.15) is 33.4 Å². The fourth-order valence-corrected chi connectivity index (χ4v) is 4.22. The topological polar surface area (TPSA) is 77.4 Å². The zero-order valence-electron chi connectivity index (χ0n) is 17.6. The monoisotopic (exact) mass is 402 g/mol. The summed E-state index contributed by atoms with van der Waals surface area (Å²) in [6.07, 6.45) is 0.937. The molecule has 0 unspecified atom stereocenters. The molecule has 2 N–H and O–H groups in total. The van der Waals surface area contributed by atoms with E-state index in [-0.39, 0.29) is 13.2 Å². The number of benzene rings is 2. The first-order chi connectivity index (χ1) is 13.9. The van der Waals surface area contributed by atoms with Crippen molar-refractivity contribution in [2.75, 3.05) is 27.4 Å². The fourth-order valence-electron chi connectivity index (χ4n) is 4.22. The lowest BCUT2D eigenvalue weighted by Gasteiger charge is -2.30. The van der Waals surface area contributed by atoms with Crippen molar-refractivity contribution in [3.63, 3.8) is 0 Å². The van der Waals surface area contributed by atoms with Crippen LogP contribution < -0.4 is 9.47 Å². The highest BCUT2D eigenvalue weighted by Crippen LogP contribution is 2.37. The summed E-state index contributed by atoms with van der Waals surface area (Å²) in [5, 5.41) is 19.5. The molecular weight excluding hydrogens is 372 g/mol. The van der Waals surface area contributed by atoms with Crippen molar-refractivity contribution in [1.29, 1.82) is 0 Å². The maximum absolute atomic E-state index is 9.73. The third-order valence-electron chi connectivity index (χ3n) is 5.26. The number of rotatable bonds is 8. The second-order valence-corrected chi connectivity index (χ2v) is 7.51. The van der Waals surface area contributed by atoms with Crippen LogP contribution in [-0.2, 0) is 35.5 Å². The SMILES string of the molecule is COc1c(CO)cc(C)cc1CC1(Cc2cc(C)cc(CO)c2OC)OCCO1. The van der Waals surface area contributed by atoms with E-state index in [1.54, 1.807) is 14.2 Å². The minimum atomic E-state index is -0.873. The van der Waals surface area contributed by atoms with Crippen LogP contribution in [0.15, 0.2) is 24.3 Å². The Morgan fingerprint density at radius 2 is 1.14 bits per heavy atom. The van der Waals surface area contributed by atoms with E-state index < -0.39 is 5.79 Å². The number of ether oxygens (including phenoxy) is 4. The third-order valence-corrected chi connectivity index (χ3v) is 5.26. The van der Waals surface area contributed by atoms with Crippen molar-refractivity contribution in [2.45, 2.75) is 45.7 Å². The second kappa shape index (κ2) is 9.13. The molecule has 2 aromatic rings. The predicted octanol–water partition coefficient (Wildman–Crippen LogP) is 2.83. The average Bonchev–Trinajstić information content (AvgIpc) is 3.14. The Hall–Kier alpha value is -2.12. The van der Waals surface area contributed by atoms with Crippen molar-refractivity contribution >= 4 is 0 Å². The molecule has 29 heavy (non-hydrogen) atoms. The van der Waals surface area contributed by atoms with Gasteiger partial charge in [0.25, 0.3) is 0 Å². The average molecular weight is 402 g/mol. The van der Waals surface area contributed by atoms with Crippen LogP contribution in [0.25, 0.3) is 0 Å². The van der Waals surface area contributed by atoms with Gasteiger partial charge in [-0.2, -0.15) is 0 Å². The van der Waals surface area contributed by atoms with Gasteiger partial charge in [-0.15, -0.1) is 0 Å². The molecule has 1 fully saturated rings. The van der Waals surface area contributed by atoms with Gasteiger partial charge in [0.1, 0.15) is 11.5 Å². The van der Waals surface area contributed by atoms with Crippen molar-refractivity contribution in [2.24, 2.45) is 0 Å². The van der Waals surface area contributed by atoms with Gasteiger partial charge in [-0.25, -0.2) is 0 Å². The Labute approximate surface area is 172 Å². The van der Waals surface area contributed by atoms with Crippen molar-refractivity contribution in [1.82, 2.24) is 0 Å². The molecule has 0 aliphatic carbocycles. The number of aliphatic hydroxyl groups excluding tert-OH is 2. The molecule has 158 valence electrons. The van der Waals surface area contributed by atoms with E-state index in [1.807, 2.05) is 38.1 Å². The second-order valence-electron chi connectivity index (χ2n) is 7.51. The first-order valence-electron chi connectivity index (χ1n) is 9.77. The standard InChI is InChI=1S/C23H30O6/c1-15-7-17(21(26-3)19(9-15)13-24)11-23(28-5-6-29-23)12-18-8-16(2)10-20(14-25)22(18)27-4/h7-10,24-25H,5-6,11-14H2,1-4H3. The maximum atomic E-state index is 9.73. The van der Waals surface area contributed by atoms with Crippen molar-refractivity contribution in [3.05, 3.63) is 57.6 Å². The van der Waals surface area contributed by atoms with Gasteiger partial charge >= 0.3 is 0 Å². The molecule has 3 rings (SSSR count). The summed E-state index contributed by atoms with van der Waals surface area (Å²) in [5.41, 5.74) is 5.40. The van der Waals surface area contributed by atoms with E-state index in [1.165, 1.54) is 0 Å². The maximum Gasteiger partial charge on any atom is 0.176 e. The summed E-state index contributed by atoms with van der Waals surface area (Å²) < 4.78 is 23.4. The molecule has 1 aliphatic heterocycles. The molecule has 1 heterocycles. The van der Waals surface area contributed by atoms with Gasteiger partial charge in [0.2, 0.25) is 0 Å². The Morgan fingerprint density at radius 3 is 1.48 bits per heavy atom. The highest BCUT2D eigenvalue weighted by Gasteiger charge is 2.39. The van der Waals surface area contributed by atoms with Gasteiger partial charge in [0.05, 0.1) is 40.6 Å². The quantitative estimate of drug-likeness (QED) is 0.707. The molecule has 0 amide bonds.